The van der Waals surface area contributed by atoms with E-state index in [0.717, 1.165) is 36.8 Å². The Bertz CT molecular complexity index is 988. The van der Waals surface area contributed by atoms with E-state index in [9.17, 15) is 23.3 Å². The second-order valence-electron chi connectivity index (χ2n) is 7.59. The SMILES string of the molecule is CCCCCC(NS(=O)(=O)c1ccc([N+](=O)[O-])cc1)c1ccc(CCCC(=O)OC)cc1. The lowest BCUT2D eigenvalue weighted by Crippen LogP contribution is -2.28. The Morgan fingerprint density at radius 3 is 2.28 bits per heavy atom. The van der Waals surface area contributed by atoms with E-state index < -0.39 is 21.0 Å². The van der Waals surface area contributed by atoms with Crippen molar-refractivity contribution < 1.29 is 22.9 Å². The first kappa shape index (κ1) is 25.5. The van der Waals surface area contributed by atoms with E-state index in [-0.39, 0.29) is 16.6 Å². The molecule has 32 heavy (non-hydrogen) atoms. The molecule has 1 unspecified atom stereocenters. The van der Waals surface area contributed by atoms with Crippen LogP contribution in [0.5, 0.6) is 0 Å². The number of sulfonamides is 1. The average Bonchev–Trinajstić information content (AvgIpc) is 2.79. The van der Waals surface area contributed by atoms with Crippen molar-refractivity contribution in [3.8, 4) is 0 Å². The summed E-state index contributed by atoms with van der Waals surface area (Å²) in [6, 6.07) is 12.1. The molecular weight excluding hydrogens is 432 g/mol. The highest BCUT2D eigenvalue weighted by atomic mass is 32.2. The maximum atomic E-state index is 12.9. The Balaban J connectivity index is 2.14. The monoisotopic (exact) mass is 462 g/mol. The van der Waals surface area contributed by atoms with Crippen LogP contribution >= 0.6 is 0 Å². The third-order valence-corrected chi connectivity index (χ3v) is 6.70. The number of unbranched alkanes of at least 4 members (excludes halogenated alkanes) is 2. The van der Waals surface area contributed by atoms with E-state index in [4.69, 9.17) is 0 Å². The van der Waals surface area contributed by atoms with E-state index >= 15 is 0 Å². The molecule has 2 rings (SSSR count). The fourth-order valence-electron chi connectivity index (χ4n) is 3.35. The number of nitrogens with one attached hydrogen (secondary N) is 1. The summed E-state index contributed by atoms with van der Waals surface area (Å²) in [6.07, 6.45) is 5.27. The van der Waals surface area contributed by atoms with Gasteiger partial charge in [-0.2, -0.15) is 0 Å². The van der Waals surface area contributed by atoms with Gasteiger partial charge in [-0.15, -0.1) is 0 Å². The smallest absolute Gasteiger partial charge is 0.305 e. The van der Waals surface area contributed by atoms with Crippen molar-refractivity contribution in [3.63, 3.8) is 0 Å². The minimum Gasteiger partial charge on any atom is -0.469 e. The lowest BCUT2D eigenvalue weighted by Gasteiger charge is -2.20. The summed E-state index contributed by atoms with van der Waals surface area (Å²) in [7, 11) is -2.48. The van der Waals surface area contributed by atoms with Crippen molar-refractivity contribution in [2.24, 2.45) is 0 Å². The maximum Gasteiger partial charge on any atom is 0.305 e. The fourth-order valence-corrected chi connectivity index (χ4v) is 4.61. The van der Waals surface area contributed by atoms with E-state index in [1.54, 1.807) is 0 Å². The number of ether oxygens (including phenoxy) is 1. The maximum absolute atomic E-state index is 12.9. The number of hydrogen-bond acceptors (Lipinski definition) is 6. The lowest BCUT2D eigenvalue weighted by atomic mass is 9.99. The Labute approximate surface area is 189 Å². The largest absolute Gasteiger partial charge is 0.469 e. The van der Waals surface area contributed by atoms with Crippen LogP contribution in [0, 0.1) is 10.1 Å². The molecular formula is C23H30N2O6S. The standard InChI is InChI=1S/C23H30N2O6S/c1-3-4-5-8-22(19-12-10-18(11-13-19)7-6-9-23(26)31-2)24-32(29,30)21-16-14-20(15-17-21)25(27)28/h10-17,22,24H,3-9H2,1-2H3. The van der Waals surface area contributed by atoms with E-state index in [1.165, 1.54) is 31.4 Å². The van der Waals surface area contributed by atoms with Crippen LogP contribution < -0.4 is 4.72 Å². The zero-order valence-corrected chi connectivity index (χ0v) is 19.3. The predicted molar refractivity (Wildman–Crippen MR) is 122 cm³/mol. The average molecular weight is 463 g/mol. The molecule has 2 aromatic carbocycles. The van der Waals surface area contributed by atoms with Crippen LogP contribution in [0.1, 0.15) is 62.6 Å². The van der Waals surface area contributed by atoms with Crippen LogP contribution in [0.15, 0.2) is 53.4 Å². The number of carbonyl (C=O) groups is 1. The molecule has 1 atom stereocenters. The second kappa shape index (κ2) is 12.3. The molecule has 2 aromatic rings. The van der Waals surface area contributed by atoms with E-state index in [2.05, 4.69) is 16.4 Å². The highest BCUT2D eigenvalue weighted by Crippen LogP contribution is 2.25. The minimum absolute atomic E-state index is 0.0111. The fraction of sp³-hybridized carbons (Fsp3) is 0.435. The highest BCUT2D eigenvalue weighted by molar-refractivity contribution is 7.89. The summed E-state index contributed by atoms with van der Waals surface area (Å²) in [4.78, 5) is 21.5. The van der Waals surface area contributed by atoms with Gasteiger partial charge in [0, 0.05) is 24.6 Å². The molecule has 0 amide bonds. The molecule has 174 valence electrons. The number of nitro benzene ring substituents is 1. The Kier molecular flexibility index (Phi) is 9.80. The molecule has 1 N–H and O–H groups in total. The molecule has 0 aliphatic heterocycles. The number of carbonyl (C=O) groups excluding carboxylic acids is 1. The topological polar surface area (TPSA) is 116 Å². The number of non-ortho nitro benzene ring substituents is 1. The molecule has 0 saturated heterocycles. The predicted octanol–water partition coefficient (Wildman–Crippen LogP) is 4.69. The van der Waals surface area contributed by atoms with Crippen LogP contribution in [0.4, 0.5) is 5.69 Å². The number of nitrogens with zero attached hydrogens (tertiary/aromatic N) is 1. The van der Waals surface area contributed by atoms with Crippen molar-refractivity contribution in [1.82, 2.24) is 4.72 Å². The third kappa shape index (κ3) is 7.72. The van der Waals surface area contributed by atoms with Gasteiger partial charge in [0.15, 0.2) is 0 Å². The zero-order chi connectivity index (χ0) is 23.6. The van der Waals surface area contributed by atoms with Crippen molar-refractivity contribution in [1.29, 1.82) is 0 Å². The number of aryl methyl sites for hydroxylation is 1. The molecule has 0 saturated carbocycles. The molecule has 0 aliphatic carbocycles. The number of benzene rings is 2. The number of methoxy groups -OCH3 is 1. The molecule has 0 aliphatic rings. The van der Waals surface area contributed by atoms with Crippen LogP contribution in [0.3, 0.4) is 0 Å². The highest BCUT2D eigenvalue weighted by Gasteiger charge is 2.22. The van der Waals surface area contributed by atoms with Gasteiger partial charge in [0.05, 0.1) is 16.9 Å². The summed E-state index contributed by atoms with van der Waals surface area (Å²) >= 11 is 0. The zero-order valence-electron chi connectivity index (χ0n) is 18.5. The second-order valence-corrected chi connectivity index (χ2v) is 9.31. The van der Waals surface area contributed by atoms with Gasteiger partial charge < -0.3 is 4.74 Å². The quantitative estimate of drug-likeness (QED) is 0.200. The van der Waals surface area contributed by atoms with Crippen molar-refractivity contribution >= 4 is 21.7 Å². The van der Waals surface area contributed by atoms with Gasteiger partial charge in [0.1, 0.15) is 0 Å². The van der Waals surface area contributed by atoms with E-state index in [1.807, 2.05) is 24.3 Å². The molecule has 8 nitrogen and oxygen atoms in total. The Hall–Kier alpha value is -2.78. The number of nitro groups is 1. The van der Waals surface area contributed by atoms with Gasteiger partial charge in [0.2, 0.25) is 10.0 Å². The van der Waals surface area contributed by atoms with Crippen LogP contribution in [0.2, 0.25) is 0 Å². The lowest BCUT2D eigenvalue weighted by molar-refractivity contribution is -0.384. The molecule has 0 bridgehead atoms. The van der Waals surface area contributed by atoms with E-state index in [0.29, 0.717) is 19.3 Å². The molecule has 0 fully saturated rings. The van der Waals surface area contributed by atoms with Gasteiger partial charge in [-0.25, -0.2) is 13.1 Å². The number of rotatable bonds is 13. The Morgan fingerprint density at radius 2 is 1.72 bits per heavy atom. The molecule has 0 heterocycles. The van der Waals surface area contributed by atoms with Gasteiger partial charge in [0.25, 0.3) is 5.69 Å². The summed E-state index contributed by atoms with van der Waals surface area (Å²) in [5, 5.41) is 10.8. The van der Waals surface area contributed by atoms with Gasteiger partial charge >= 0.3 is 5.97 Å². The van der Waals surface area contributed by atoms with Gasteiger partial charge in [-0.3, -0.25) is 14.9 Å². The normalized spacial score (nSPS) is 12.3. The van der Waals surface area contributed by atoms with Crippen molar-refractivity contribution in [2.75, 3.05) is 7.11 Å². The van der Waals surface area contributed by atoms with Gasteiger partial charge in [-0.1, -0.05) is 50.5 Å². The number of esters is 1. The summed E-state index contributed by atoms with van der Waals surface area (Å²) < 4.78 is 33.2. The first-order valence-electron chi connectivity index (χ1n) is 10.7. The Morgan fingerprint density at radius 1 is 1.06 bits per heavy atom. The molecule has 0 spiro atoms. The first-order chi connectivity index (χ1) is 15.3. The minimum atomic E-state index is -3.85. The van der Waals surface area contributed by atoms with Gasteiger partial charge in [-0.05, 0) is 42.5 Å². The van der Waals surface area contributed by atoms with Crippen LogP contribution in [-0.4, -0.2) is 26.4 Å². The summed E-state index contributed by atoms with van der Waals surface area (Å²) in [5.74, 6) is -0.238. The van der Waals surface area contributed by atoms with Crippen molar-refractivity contribution in [3.05, 3.63) is 69.8 Å². The molecule has 0 radical (unpaired) electrons. The third-order valence-electron chi connectivity index (χ3n) is 5.21. The van der Waals surface area contributed by atoms with Crippen LogP contribution in [-0.2, 0) is 26.0 Å². The summed E-state index contributed by atoms with van der Waals surface area (Å²) in [6.45, 7) is 2.08. The number of hydrogen-bond donors (Lipinski definition) is 1. The van der Waals surface area contributed by atoms with Crippen LogP contribution in [0.25, 0.3) is 0 Å². The molecule has 9 heteroatoms. The molecule has 0 aromatic heterocycles. The van der Waals surface area contributed by atoms with Crippen molar-refractivity contribution in [2.45, 2.75) is 62.8 Å². The summed E-state index contributed by atoms with van der Waals surface area (Å²) in [5.41, 5.74) is 1.75. The first-order valence-corrected chi connectivity index (χ1v) is 12.2.